The highest BCUT2D eigenvalue weighted by atomic mass is 32.2. The lowest BCUT2D eigenvalue weighted by Crippen LogP contribution is -2.49. The summed E-state index contributed by atoms with van der Waals surface area (Å²) in [7, 11) is -3.41. The van der Waals surface area contributed by atoms with Crippen LogP contribution in [-0.2, 0) is 19.4 Å². The minimum absolute atomic E-state index is 0.304. The van der Waals surface area contributed by atoms with E-state index in [-0.39, 0.29) is 0 Å². The fraction of sp³-hybridized carbons (Fsp3) is 0.833. The molecular formula is C12H21NO5S. The molecule has 110 valence electrons. The van der Waals surface area contributed by atoms with E-state index >= 15 is 0 Å². The van der Waals surface area contributed by atoms with E-state index in [4.69, 9.17) is 0 Å². The maximum Gasteiger partial charge on any atom is 0.309 e. The number of carbonyl (C=O) groups excluding carboxylic acids is 1. The number of rotatable bonds is 4. The van der Waals surface area contributed by atoms with Gasteiger partial charge in [-0.2, -0.15) is 0 Å². The largest absolute Gasteiger partial charge is 0.481 e. The number of carboxylic acids is 1. The molecule has 6 nitrogen and oxygen atoms in total. The number of carboxylic acid groups (broad SMARTS) is 1. The van der Waals surface area contributed by atoms with E-state index in [1.54, 1.807) is 0 Å². The summed E-state index contributed by atoms with van der Waals surface area (Å²) in [6, 6.07) is 0. The fourth-order valence-electron chi connectivity index (χ4n) is 2.31. The standard InChI is InChI=1S/C12H21NO5S/c1-4-12(11(15)16)5-7-13(8-6-12)10(14)9(2)19(3,17)18/h9H,4-8H2,1-3H3,(H,15,16). The second-order valence-electron chi connectivity index (χ2n) is 5.24. The van der Waals surface area contributed by atoms with E-state index in [1.807, 2.05) is 6.92 Å². The van der Waals surface area contributed by atoms with Crippen LogP contribution in [0.1, 0.15) is 33.1 Å². The number of piperidine rings is 1. The minimum atomic E-state index is -3.41. The SMILES string of the molecule is CCC1(C(=O)O)CCN(C(=O)C(C)S(C)(=O)=O)CC1. The topological polar surface area (TPSA) is 91.8 Å². The molecule has 0 aliphatic carbocycles. The van der Waals surface area contributed by atoms with Gasteiger partial charge in [-0.25, -0.2) is 8.42 Å². The lowest BCUT2D eigenvalue weighted by Gasteiger charge is -2.39. The summed E-state index contributed by atoms with van der Waals surface area (Å²) in [5.74, 6) is -1.27. The summed E-state index contributed by atoms with van der Waals surface area (Å²) in [4.78, 5) is 24.8. The average molecular weight is 291 g/mol. The average Bonchev–Trinajstić information content (AvgIpc) is 2.35. The zero-order valence-corrected chi connectivity index (χ0v) is 12.4. The van der Waals surface area contributed by atoms with Crippen LogP contribution in [0.25, 0.3) is 0 Å². The molecule has 1 amide bonds. The van der Waals surface area contributed by atoms with Gasteiger partial charge in [-0.15, -0.1) is 0 Å². The Morgan fingerprint density at radius 1 is 1.32 bits per heavy atom. The molecule has 0 radical (unpaired) electrons. The minimum Gasteiger partial charge on any atom is -0.481 e. The smallest absolute Gasteiger partial charge is 0.309 e. The van der Waals surface area contributed by atoms with Gasteiger partial charge in [0.05, 0.1) is 5.41 Å². The van der Waals surface area contributed by atoms with Gasteiger partial charge in [0.1, 0.15) is 5.25 Å². The van der Waals surface area contributed by atoms with Crippen molar-refractivity contribution in [1.29, 1.82) is 0 Å². The maximum atomic E-state index is 12.0. The van der Waals surface area contributed by atoms with Crippen molar-refractivity contribution >= 4 is 21.7 Å². The fourth-order valence-corrected chi connectivity index (χ4v) is 2.83. The Balaban J connectivity index is 2.74. The molecule has 1 saturated heterocycles. The first-order valence-electron chi connectivity index (χ1n) is 6.35. The van der Waals surface area contributed by atoms with Gasteiger partial charge in [0, 0.05) is 19.3 Å². The van der Waals surface area contributed by atoms with Gasteiger partial charge >= 0.3 is 5.97 Å². The molecule has 19 heavy (non-hydrogen) atoms. The molecule has 7 heteroatoms. The molecule has 0 aromatic rings. The van der Waals surface area contributed by atoms with Crippen molar-refractivity contribution in [3.05, 3.63) is 0 Å². The number of carbonyl (C=O) groups is 2. The molecule has 0 spiro atoms. The molecule has 0 aromatic carbocycles. The second kappa shape index (κ2) is 5.48. The highest BCUT2D eigenvalue weighted by Crippen LogP contribution is 2.35. The van der Waals surface area contributed by atoms with Crippen LogP contribution in [0.4, 0.5) is 0 Å². The second-order valence-corrected chi connectivity index (χ2v) is 7.60. The molecule has 0 saturated carbocycles. The van der Waals surface area contributed by atoms with E-state index in [0.717, 1.165) is 6.26 Å². The van der Waals surface area contributed by atoms with Crippen LogP contribution in [0.2, 0.25) is 0 Å². The zero-order valence-electron chi connectivity index (χ0n) is 11.5. The van der Waals surface area contributed by atoms with Gasteiger partial charge in [0.15, 0.2) is 9.84 Å². The number of amides is 1. The summed E-state index contributed by atoms with van der Waals surface area (Å²) < 4.78 is 22.7. The first-order valence-corrected chi connectivity index (χ1v) is 8.30. The quantitative estimate of drug-likeness (QED) is 0.815. The third-order valence-corrected chi connectivity index (χ3v) is 5.64. The van der Waals surface area contributed by atoms with Crippen molar-refractivity contribution < 1.29 is 23.1 Å². The van der Waals surface area contributed by atoms with Gasteiger partial charge in [-0.05, 0) is 26.2 Å². The van der Waals surface area contributed by atoms with Crippen LogP contribution in [-0.4, -0.2) is 54.9 Å². The predicted molar refractivity (Wildman–Crippen MR) is 70.5 cm³/mol. The van der Waals surface area contributed by atoms with Crippen molar-refractivity contribution in [1.82, 2.24) is 4.90 Å². The first kappa shape index (κ1) is 15.9. The van der Waals surface area contributed by atoms with Gasteiger partial charge in [-0.3, -0.25) is 9.59 Å². The first-order chi connectivity index (χ1) is 8.64. The number of aliphatic carboxylic acids is 1. The highest BCUT2D eigenvalue weighted by molar-refractivity contribution is 7.92. The third-order valence-electron chi connectivity index (χ3n) is 4.15. The van der Waals surface area contributed by atoms with Crippen LogP contribution in [0, 0.1) is 5.41 Å². The Hall–Kier alpha value is -1.11. The zero-order chi connectivity index (χ0) is 14.8. The van der Waals surface area contributed by atoms with Crippen molar-refractivity contribution in [3.8, 4) is 0 Å². The van der Waals surface area contributed by atoms with Crippen molar-refractivity contribution in [3.63, 3.8) is 0 Å². The summed E-state index contributed by atoms with van der Waals surface area (Å²) in [5.41, 5.74) is -0.773. The third kappa shape index (κ3) is 3.26. The Morgan fingerprint density at radius 2 is 1.79 bits per heavy atom. The molecule has 1 atom stereocenters. The molecule has 1 heterocycles. The van der Waals surface area contributed by atoms with Crippen LogP contribution >= 0.6 is 0 Å². The Morgan fingerprint density at radius 3 is 2.11 bits per heavy atom. The predicted octanol–water partition coefficient (Wildman–Crippen LogP) is 0.523. The van der Waals surface area contributed by atoms with Gasteiger partial charge in [0.25, 0.3) is 0 Å². The molecule has 1 rings (SSSR count). The van der Waals surface area contributed by atoms with E-state index in [2.05, 4.69) is 0 Å². The van der Waals surface area contributed by atoms with Gasteiger partial charge in [-0.1, -0.05) is 6.92 Å². The normalized spacial score (nSPS) is 20.9. The van der Waals surface area contributed by atoms with Crippen molar-refractivity contribution in [2.24, 2.45) is 5.41 Å². The van der Waals surface area contributed by atoms with E-state index < -0.39 is 32.4 Å². The monoisotopic (exact) mass is 291 g/mol. The Kier molecular flexibility index (Phi) is 4.60. The molecular weight excluding hydrogens is 270 g/mol. The molecule has 0 aromatic heterocycles. The van der Waals surface area contributed by atoms with Crippen LogP contribution in [0.3, 0.4) is 0 Å². The molecule has 1 fully saturated rings. The highest BCUT2D eigenvalue weighted by Gasteiger charge is 2.42. The van der Waals surface area contributed by atoms with Crippen LogP contribution < -0.4 is 0 Å². The lowest BCUT2D eigenvalue weighted by molar-refractivity contribution is -0.154. The van der Waals surface area contributed by atoms with Gasteiger partial charge < -0.3 is 10.0 Å². The lowest BCUT2D eigenvalue weighted by atomic mass is 9.76. The van der Waals surface area contributed by atoms with E-state index in [0.29, 0.717) is 32.4 Å². The summed E-state index contributed by atoms with van der Waals surface area (Å²) in [6.45, 7) is 3.80. The maximum absolute atomic E-state index is 12.0. The van der Waals surface area contributed by atoms with E-state index in [1.165, 1.54) is 11.8 Å². The van der Waals surface area contributed by atoms with Crippen molar-refractivity contribution in [2.75, 3.05) is 19.3 Å². The Bertz CT molecular complexity index is 463. The van der Waals surface area contributed by atoms with Gasteiger partial charge in [0.2, 0.25) is 5.91 Å². The van der Waals surface area contributed by atoms with Crippen molar-refractivity contribution in [2.45, 2.75) is 38.4 Å². The number of hydrogen-bond acceptors (Lipinski definition) is 4. The van der Waals surface area contributed by atoms with Crippen LogP contribution in [0.15, 0.2) is 0 Å². The molecule has 1 N–H and O–H groups in total. The Labute approximate surface area is 113 Å². The number of likely N-dealkylation sites (tertiary alicyclic amines) is 1. The molecule has 0 bridgehead atoms. The number of sulfone groups is 1. The summed E-state index contributed by atoms with van der Waals surface area (Å²) in [5, 5.41) is 8.19. The van der Waals surface area contributed by atoms with E-state index in [9.17, 15) is 23.1 Å². The molecule has 1 aliphatic rings. The van der Waals surface area contributed by atoms with Crippen LogP contribution in [0.5, 0.6) is 0 Å². The molecule has 1 aliphatic heterocycles. The number of nitrogens with zero attached hydrogens (tertiary/aromatic N) is 1. The number of hydrogen-bond donors (Lipinski definition) is 1. The molecule has 1 unspecified atom stereocenters. The summed E-state index contributed by atoms with van der Waals surface area (Å²) in [6.07, 6.45) is 2.31. The summed E-state index contributed by atoms with van der Waals surface area (Å²) >= 11 is 0.